The van der Waals surface area contributed by atoms with Gasteiger partial charge in [-0.05, 0) is 0 Å². The van der Waals surface area contributed by atoms with Crippen molar-refractivity contribution < 1.29 is 31.8 Å². The normalized spacial score (nSPS) is 12.6. The molecule has 2 N–H and O–H groups in total. The minimum Gasteiger partial charge on any atom is -0.389 e. The number of anilines is 1. The smallest absolute Gasteiger partial charge is 0.200 e. The highest BCUT2D eigenvalue weighted by Gasteiger charge is 2.25. The van der Waals surface area contributed by atoms with Crippen LogP contribution in [0.2, 0.25) is 0 Å². The van der Waals surface area contributed by atoms with Gasteiger partial charge >= 0.3 is 0 Å². The predicted octanol–water partition coefficient (Wildman–Crippen LogP) is 1.80. The molecule has 102 valence electrons. The zero-order valence-corrected chi connectivity index (χ0v) is 9.24. The third-order valence-electron chi connectivity index (χ3n) is 2.08. The van der Waals surface area contributed by atoms with Gasteiger partial charge in [0.1, 0.15) is 5.69 Å². The molecule has 1 rings (SSSR count). The molecular formula is C10H10F5NO2. The summed E-state index contributed by atoms with van der Waals surface area (Å²) in [4.78, 5) is 0. The van der Waals surface area contributed by atoms with Crippen molar-refractivity contribution in [3.05, 3.63) is 29.1 Å². The van der Waals surface area contributed by atoms with Gasteiger partial charge in [-0.25, -0.2) is 22.0 Å². The molecule has 1 aromatic carbocycles. The second-order valence-electron chi connectivity index (χ2n) is 3.43. The third kappa shape index (κ3) is 2.88. The second kappa shape index (κ2) is 5.96. The van der Waals surface area contributed by atoms with Crippen LogP contribution in [0, 0.1) is 29.1 Å². The highest BCUT2D eigenvalue weighted by atomic mass is 19.2. The van der Waals surface area contributed by atoms with Gasteiger partial charge in [0.25, 0.3) is 0 Å². The van der Waals surface area contributed by atoms with Gasteiger partial charge in [0.05, 0.1) is 12.7 Å². The Morgan fingerprint density at radius 2 is 1.44 bits per heavy atom. The number of hydrogen-bond donors (Lipinski definition) is 2. The summed E-state index contributed by atoms with van der Waals surface area (Å²) in [7, 11) is 1.28. The van der Waals surface area contributed by atoms with Crippen molar-refractivity contribution in [2.75, 3.05) is 25.6 Å². The molecule has 0 aliphatic heterocycles. The van der Waals surface area contributed by atoms with E-state index in [0.717, 1.165) is 0 Å². The van der Waals surface area contributed by atoms with Crippen molar-refractivity contribution in [2.24, 2.45) is 0 Å². The van der Waals surface area contributed by atoms with Crippen LogP contribution in [-0.2, 0) is 4.74 Å². The molecule has 0 bridgehead atoms. The fourth-order valence-corrected chi connectivity index (χ4v) is 1.23. The van der Waals surface area contributed by atoms with Crippen LogP contribution in [0.3, 0.4) is 0 Å². The zero-order valence-electron chi connectivity index (χ0n) is 9.24. The molecule has 1 unspecified atom stereocenters. The molecule has 0 aliphatic carbocycles. The number of nitrogens with one attached hydrogen (secondary N) is 1. The number of aliphatic hydroxyl groups is 1. The Labute approximate surface area is 99.2 Å². The number of hydrogen-bond acceptors (Lipinski definition) is 3. The van der Waals surface area contributed by atoms with Crippen LogP contribution in [0.25, 0.3) is 0 Å². The fourth-order valence-electron chi connectivity index (χ4n) is 1.23. The summed E-state index contributed by atoms with van der Waals surface area (Å²) in [5, 5.41) is 11.1. The second-order valence-corrected chi connectivity index (χ2v) is 3.43. The average molecular weight is 271 g/mol. The van der Waals surface area contributed by atoms with Gasteiger partial charge in [-0.2, -0.15) is 0 Å². The lowest BCUT2D eigenvalue weighted by atomic mass is 10.2. The lowest BCUT2D eigenvalue weighted by molar-refractivity contribution is 0.0726. The Bertz CT molecular complexity index is 412. The van der Waals surface area contributed by atoms with Crippen molar-refractivity contribution >= 4 is 5.69 Å². The molecule has 0 saturated heterocycles. The molecule has 3 nitrogen and oxygen atoms in total. The number of methoxy groups -OCH3 is 1. The summed E-state index contributed by atoms with van der Waals surface area (Å²) in [6, 6.07) is 0. The summed E-state index contributed by atoms with van der Waals surface area (Å²) >= 11 is 0. The van der Waals surface area contributed by atoms with Crippen molar-refractivity contribution in [1.82, 2.24) is 0 Å². The monoisotopic (exact) mass is 271 g/mol. The summed E-state index contributed by atoms with van der Waals surface area (Å²) in [5.74, 6) is -10.3. The van der Waals surface area contributed by atoms with E-state index in [0.29, 0.717) is 0 Å². The number of rotatable bonds is 5. The standard InChI is InChI=1S/C10H10F5NO2/c1-18-3-4(17)2-16-10-8(14)6(12)5(11)7(13)9(10)15/h4,16-17H,2-3H2,1H3. The van der Waals surface area contributed by atoms with Crippen molar-refractivity contribution in [2.45, 2.75) is 6.10 Å². The third-order valence-corrected chi connectivity index (χ3v) is 2.08. The van der Waals surface area contributed by atoms with Gasteiger partial charge in [0.15, 0.2) is 23.3 Å². The largest absolute Gasteiger partial charge is 0.389 e. The predicted molar refractivity (Wildman–Crippen MR) is 52.6 cm³/mol. The summed E-state index contributed by atoms with van der Waals surface area (Å²) in [5.41, 5.74) is -1.18. The van der Waals surface area contributed by atoms with Crippen LogP contribution in [0.4, 0.5) is 27.6 Å². The lowest BCUT2D eigenvalue weighted by Crippen LogP contribution is -2.25. The highest BCUT2D eigenvalue weighted by molar-refractivity contribution is 5.47. The molecule has 8 heteroatoms. The summed E-state index contributed by atoms with van der Waals surface area (Å²) in [6.45, 7) is -0.575. The maximum Gasteiger partial charge on any atom is 0.200 e. The van der Waals surface area contributed by atoms with Crippen LogP contribution in [0.1, 0.15) is 0 Å². The van der Waals surface area contributed by atoms with E-state index in [2.05, 4.69) is 4.74 Å². The first kappa shape index (κ1) is 14.7. The first-order valence-corrected chi connectivity index (χ1v) is 4.82. The Kier molecular flexibility index (Phi) is 4.85. The maximum atomic E-state index is 13.1. The molecule has 0 radical (unpaired) electrons. The maximum absolute atomic E-state index is 13.1. The SMILES string of the molecule is COCC(O)CNc1c(F)c(F)c(F)c(F)c1F. The van der Waals surface area contributed by atoms with Crippen LogP contribution >= 0.6 is 0 Å². The minimum absolute atomic E-state index is 0.150. The van der Waals surface area contributed by atoms with Gasteiger partial charge < -0.3 is 15.2 Å². The van der Waals surface area contributed by atoms with E-state index in [4.69, 9.17) is 0 Å². The Hall–Kier alpha value is -1.41. The Morgan fingerprint density at radius 3 is 1.89 bits per heavy atom. The molecule has 0 spiro atoms. The summed E-state index contributed by atoms with van der Waals surface area (Å²) < 4.78 is 69.1. The quantitative estimate of drug-likeness (QED) is 0.487. The van der Waals surface area contributed by atoms with Gasteiger partial charge in [0.2, 0.25) is 5.82 Å². The van der Waals surface area contributed by atoms with Crippen LogP contribution in [0.15, 0.2) is 0 Å². The van der Waals surface area contributed by atoms with E-state index >= 15 is 0 Å². The lowest BCUT2D eigenvalue weighted by Gasteiger charge is -2.14. The number of halogens is 5. The van der Waals surface area contributed by atoms with E-state index < -0.39 is 47.4 Å². The van der Waals surface area contributed by atoms with Gasteiger partial charge in [0, 0.05) is 13.7 Å². The topological polar surface area (TPSA) is 41.5 Å². The highest BCUT2D eigenvalue weighted by Crippen LogP contribution is 2.26. The summed E-state index contributed by atoms with van der Waals surface area (Å²) in [6.07, 6.45) is -1.15. The molecule has 0 saturated carbocycles. The molecular weight excluding hydrogens is 261 g/mol. The van der Waals surface area contributed by atoms with Crippen molar-refractivity contribution in [3.8, 4) is 0 Å². The van der Waals surface area contributed by atoms with E-state index in [1.165, 1.54) is 7.11 Å². The van der Waals surface area contributed by atoms with E-state index in [9.17, 15) is 27.1 Å². The molecule has 0 heterocycles. The van der Waals surface area contributed by atoms with Gasteiger partial charge in [-0.1, -0.05) is 0 Å². The van der Waals surface area contributed by atoms with Crippen molar-refractivity contribution in [1.29, 1.82) is 0 Å². The molecule has 1 atom stereocenters. The number of benzene rings is 1. The molecule has 0 amide bonds. The molecule has 0 fully saturated rings. The van der Waals surface area contributed by atoms with E-state index in [1.54, 1.807) is 0 Å². The van der Waals surface area contributed by atoms with E-state index in [1.807, 2.05) is 5.32 Å². The first-order chi connectivity index (χ1) is 8.40. The minimum atomic E-state index is -2.23. The van der Waals surface area contributed by atoms with Crippen molar-refractivity contribution in [3.63, 3.8) is 0 Å². The zero-order chi connectivity index (χ0) is 13.9. The fraction of sp³-hybridized carbons (Fsp3) is 0.400. The average Bonchev–Trinajstić information content (AvgIpc) is 2.34. The Morgan fingerprint density at radius 1 is 1.00 bits per heavy atom. The Balaban J connectivity index is 2.96. The first-order valence-electron chi connectivity index (χ1n) is 4.82. The van der Waals surface area contributed by atoms with Gasteiger partial charge in [-0.15, -0.1) is 0 Å². The number of ether oxygens (including phenoxy) is 1. The molecule has 0 aromatic heterocycles. The van der Waals surface area contributed by atoms with Crippen LogP contribution < -0.4 is 5.32 Å². The van der Waals surface area contributed by atoms with Crippen LogP contribution in [-0.4, -0.2) is 31.5 Å². The molecule has 18 heavy (non-hydrogen) atoms. The molecule has 0 aliphatic rings. The van der Waals surface area contributed by atoms with Gasteiger partial charge in [-0.3, -0.25) is 0 Å². The van der Waals surface area contributed by atoms with E-state index in [-0.39, 0.29) is 6.61 Å². The molecule has 1 aromatic rings. The van der Waals surface area contributed by atoms with Crippen LogP contribution in [0.5, 0.6) is 0 Å². The number of aliphatic hydroxyl groups excluding tert-OH is 1.